The first kappa shape index (κ1) is 12.3. The zero-order chi connectivity index (χ0) is 11.5. The first-order valence-corrected chi connectivity index (χ1v) is 5.73. The molecular weight excluding hydrogens is 188 g/mol. The Labute approximate surface area is 92.7 Å². The van der Waals surface area contributed by atoms with Gasteiger partial charge in [-0.2, -0.15) is 0 Å². The number of ether oxygens (including phenoxy) is 1. The second-order valence-corrected chi connectivity index (χ2v) is 5.53. The van der Waals surface area contributed by atoms with Gasteiger partial charge < -0.3 is 4.74 Å². The molecule has 2 atom stereocenters. The predicted molar refractivity (Wildman–Crippen MR) is 61.4 cm³/mol. The first-order chi connectivity index (χ1) is 6.91. The normalized spacial score (nSPS) is 26.4. The first-order valence-electron chi connectivity index (χ1n) is 5.73. The van der Waals surface area contributed by atoms with Crippen LogP contribution in [0.3, 0.4) is 0 Å². The molecule has 0 spiro atoms. The van der Waals surface area contributed by atoms with E-state index in [9.17, 15) is 4.79 Å². The van der Waals surface area contributed by atoms with Gasteiger partial charge in [0.1, 0.15) is 0 Å². The molecule has 0 fully saturated rings. The molecule has 0 aromatic carbocycles. The van der Waals surface area contributed by atoms with E-state index in [0.717, 1.165) is 12.8 Å². The molecule has 2 heteroatoms. The van der Waals surface area contributed by atoms with E-state index in [1.165, 1.54) is 0 Å². The van der Waals surface area contributed by atoms with E-state index in [1.807, 2.05) is 20.8 Å². The van der Waals surface area contributed by atoms with Crippen LogP contribution in [0.15, 0.2) is 12.2 Å². The van der Waals surface area contributed by atoms with E-state index < -0.39 is 0 Å². The molecule has 0 N–H and O–H groups in total. The number of rotatable bonds is 2. The van der Waals surface area contributed by atoms with Crippen molar-refractivity contribution >= 4 is 5.97 Å². The fourth-order valence-electron chi connectivity index (χ4n) is 1.64. The largest absolute Gasteiger partial charge is 0.465 e. The van der Waals surface area contributed by atoms with Gasteiger partial charge in [0.25, 0.3) is 0 Å². The number of carbonyl (C=O) groups is 1. The van der Waals surface area contributed by atoms with Crippen molar-refractivity contribution in [1.29, 1.82) is 0 Å². The van der Waals surface area contributed by atoms with Crippen LogP contribution in [0.4, 0.5) is 0 Å². The topological polar surface area (TPSA) is 26.3 Å². The Kier molecular flexibility index (Phi) is 3.95. The maximum Gasteiger partial charge on any atom is 0.311 e. The fourth-order valence-corrected chi connectivity index (χ4v) is 1.64. The number of allylic oxidation sites excluding steroid dienone is 2. The van der Waals surface area contributed by atoms with Gasteiger partial charge in [-0.05, 0) is 45.4 Å². The van der Waals surface area contributed by atoms with Crippen molar-refractivity contribution < 1.29 is 9.53 Å². The molecule has 1 aliphatic carbocycles. The predicted octanol–water partition coefficient (Wildman–Crippen LogP) is 3.18. The molecular formula is C13H22O2. The highest BCUT2D eigenvalue weighted by Crippen LogP contribution is 2.26. The van der Waals surface area contributed by atoms with Crippen molar-refractivity contribution in [3.8, 4) is 0 Å². The third-order valence-corrected chi connectivity index (χ3v) is 2.96. The van der Waals surface area contributed by atoms with E-state index >= 15 is 0 Å². The van der Waals surface area contributed by atoms with Gasteiger partial charge in [-0.1, -0.05) is 19.1 Å². The van der Waals surface area contributed by atoms with Crippen LogP contribution in [0.1, 0.15) is 40.5 Å². The lowest BCUT2D eigenvalue weighted by molar-refractivity contribution is -0.154. The summed E-state index contributed by atoms with van der Waals surface area (Å²) >= 11 is 0. The second-order valence-electron chi connectivity index (χ2n) is 5.53. The molecule has 0 amide bonds. The van der Waals surface area contributed by atoms with Gasteiger partial charge in [-0.25, -0.2) is 0 Å². The highest BCUT2D eigenvalue weighted by Gasteiger charge is 2.25. The number of esters is 1. The quantitative estimate of drug-likeness (QED) is 0.517. The van der Waals surface area contributed by atoms with Crippen molar-refractivity contribution in [2.75, 3.05) is 6.61 Å². The molecule has 2 nitrogen and oxygen atoms in total. The van der Waals surface area contributed by atoms with Gasteiger partial charge in [-0.3, -0.25) is 4.79 Å². The lowest BCUT2D eigenvalue weighted by atomic mass is 9.85. The van der Waals surface area contributed by atoms with Gasteiger partial charge in [0.2, 0.25) is 0 Å². The molecule has 0 heterocycles. The summed E-state index contributed by atoms with van der Waals surface area (Å²) in [6.45, 7) is 8.46. The molecule has 0 aliphatic heterocycles. The Morgan fingerprint density at radius 2 is 1.93 bits per heavy atom. The summed E-state index contributed by atoms with van der Waals surface area (Å²) in [6.07, 6.45) is 6.55. The Balaban J connectivity index is 2.37. The van der Waals surface area contributed by atoms with E-state index in [4.69, 9.17) is 4.74 Å². The Hall–Kier alpha value is -0.790. The Morgan fingerprint density at radius 3 is 2.47 bits per heavy atom. The van der Waals surface area contributed by atoms with E-state index in [2.05, 4.69) is 19.1 Å². The number of hydrogen-bond donors (Lipinski definition) is 0. The van der Waals surface area contributed by atoms with Gasteiger partial charge in [-0.15, -0.1) is 0 Å². The summed E-state index contributed by atoms with van der Waals surface area (Å²) in [6, 6.07) is 0. The monoisotopic (exact) mass is 210 g/mol. The van der Waals surface area contributed by atoms with Gasteiger partial charge in [0, 0.05) is 0 Å². The van der Waals surface area contributed by atoms with Crippen LogP contribution in [0.2, 0.25) is 0 Å². The summed E-state index contributed by atoms with van der Waals surface area (Å²) in [5.74, 6) is 1.04. The highest BCUT2D eigenvalue weighted by atomic mass is 16.5. The smallest absolute Gasteiger partial charge is 0.311 e. The van der Waals surface area contributed by atoms with Crippen molar-refractivity contribution in [2.24, 2.45) is 17.3 Å². The van der Waals surface area contributed by atoms with Gasteiger partial charge >= 0.3 is 5.97 Å². The lowest BCUT2D eigenvalue weighted by Crippen LogP contribution is -2.27. The minimum atomic E-state index is -0.381. The second kappa shape index (κ2) is 4.82. The maximum atomic E-state index is 11.6. The Bertz CT molecular complexity index is 248. The average molecular weight is 210 g/mol. The summed E-state index contributed by atoms with van der Waals surface area (Å²) in [5.41, 5.74) is -0.381. The number of carbonyl (C=O) groups excluding carboxylic acids is 1. The molecule has 0 saturated carbocycles. The van der Waals surface area contributed by atoms with Crippen molar-refractivity contribution in [3.63, 3.8) is 0 Å². The van der Waals surface area contributed by atoms with Gasteiger partial charge in [0.15, 0.2) is 0 Å². The van der Waals surface area contributed by atoms with E-state index in [1.54, 1.807) is 0 Å². The molecule has 0 radical (unpaired) electrons. The third kappa shape index (κ3) is 3.69. The molecule has 86 valence electrons. The molecule has 2 unspecified atom stereocenters. The maximum absolute atomic E-state index is 11.6. The third-order valence-electron chi connectivity index (χ3n) is 2.96. The van der Waals surface area contributed by atoms with Crippen LogP contribution in [0.25, 0.3) is 0 Å². The van der Waals surface area contributed by atoms with E-state index in [0.29, 0.717) is 18.4 Å². The fraction of sp³-hybridized carbons (Fsp3) is 0.769. The van der Waals surface area contributed by atoms with Crippen molar-refractivity contribution in [3.05, 3.63) is 12.2 Å². The van der Waals surface area contributed by atoms with Gasteiger partial charge in [0.05, 0.1) is 12.0 Å². The van der Waals surface area contributed by atoms with Crippen LogP contribution in [0.5, 0.6) is 0 Å². The molecule has 15 heavy (non-hydrogen) atoms. The summed E-state index contributed by atoms with van der Waals surface area (Å²) in [4.78, 5) is 11.6. The van der Waals surface area contributed by atoms with Crippen LogP contribution in [-0.2, 0) is 9.53 Å². The molecule has 0 aromatic rings. The summed E-state index contributed by atoms with van der Waals surface area (Å²) in [5, 5.41) is 0. The molecule has 0 aromatic heterocycles. The van der Waals surface area contributed by atoms with Crippen LogP contribution in [0, 0.1) is 17.3 Å². The van der Waals surface area contributed by atoms with Crippen molar-refractivity contribution in [1.82, 2.24) is 0 Å². The summed E-state index contributed by atoms with van der Waals surface area (Å²) < 4.78 is 5.34. The zero-order valence-electron chi connectivity index (χ0n) is 10.2. The average Bonchev–Trinajstić information content (AvgIpc) is 2.14. The summed E-state index contributed by atoms with van der Waals surface area (Å²) in [7, 11) is 0. The van der Waals surface area contributed by atoms with Crippen LogP contribution >= 0.6 is 0 Å². The van der Waals surface area contributed by atoms with E-state index in [-0.39, 0.29) is 11.4 Å². The SMILES string of the molecule is CC1CC=CCC1COC(=O)C(C)(C)C. The molecule has 0 saturated heterocycles. The highest BCUT2D eigenvalue weighted by molar-refractivity contribution is 5.75. The minimum absolute atomic E-state index is 0.0933. The molecule has 0 bridgehead atoms. The minimum Gasteiger partial charge on any atom is -0.465 e. The Morgan fingerprint density at radius 1 is 1.33 bits per heavy atom. The number of hydrogen-bond acceptors (Lipinski definition) is 2. The van der Waals surface area contributed by atoms with Crippen LogP contribution in [-0.4, -0.2) is 12.6 Å². The standard InChI is InChI=1S/C13H22O2/c1-10-7-5-6-8-11(10)9-15-12(14)13(2,3)4/h5-6,10-11H,7-9H2,1-4H3. The van der Waals surface area contributed by atoms with Crippen molar-refractivity contribution in [2.45, 2.75) is 40.5 Å². The molecule has 1 aliphatic rings. The van der Waals surface area contributed by atoms with Crippen LogP contribution < -0.4 is 0 Å². The zero-order valence-corrected chi connectivity index (χ0v) is 10.2. The molecule has 1 rings (SSSR count). The lowest BCUT2D eigenvalue weighted by Gasteiger charge is -2.26.